The van der Waals surface area contributed by atoms with Crippen LogP contribution in [0.25, 0.3) is 0 Å². The quantitative estimate of drug-likeness (QED) is 0.832. The molecule has 0 aromatic heterocycles. The highest BCUT2D eigenvalue weighted by Gasteiger charge is 2.27. The first-order valence-electron chi connectivity index (χ1n) is 7.50. The number of alkyl halides is 3. The molecule has 0 aliphatic rings. The van der Waals surface area contributed by atoms with Gasteiger partial charge < -0.3 is 15.3 Å². The standard InChI is InChI=1S/C16H23F3N2O2/c1-11(2)21(10-12(3)22)15(23)20-14-7-5-4-6-13(14)8-9-16(17,18)19/h4-7,11-12,22H,8-10H2,1-3H3,(H,20,23). The SMILES string of the molecule is CC(O)CN(C(=O)Nc1ccccc1CCC(F)(F)F)C(C)C. The van der Waals surface area contributed by atoms with Crippen LogP contribution in [0.5, 0.6) is 0 Å². The molecule has 0 heterocycles. The summed E-state index contributed by atoms with van der Waals surface area (Å²) in [6.07, 6.45) is -6.07. The molecule has 0 saturated carbocycles. The van der Waals surface area contributed by atoms with Crippen LogP contribution >= 0.6 is 0 Å². The lowest BCUT2D eigenvalue weighted by Gasteiger charge is -2.28. The van der Waals surface area contributed by atoms with E-state index >= 15 is 0 Å². The molecule has 0 aliphatic carbocycles. The van der Waals surface area contributed by atoms with Gasteiger partial charge in [0.25, 0.3) is 0 Å². The molecule has 1 aromatic rings. The number of hydrogen-bond donors (Lipinski definition) is 2. The molecule has 130 valence electrons. The van der Waals surface area contributed by atoms with Gasteiger partial charge in [-0.2, -0.15) is 13.2 Å². The Morgan fingerprint density at radius 1 is 1.26 bits per heavy atom. The van der Waals surface area contributed by atoms with Crippen molar-refractivity contribution < 1.29 is 23.1 Å². The van der Waals surface area contributed by atoms with Crippen molar-refractivity contribution in [2.45, 2.75) is 51.9 Å². The lowest BCUT2D eigenvalue weighted by molar-refractivity contribution is -0.133. The molecule has 0 bridgehead atoms. The second-order valence-electron chi connectivity index (χ2n) is 5.80. The molecule has 23 heavy (non-hydrogen) atoms. The third kappa shape index (κ3) is 6.90. The van der Waals surface area contributed by atoms with E-state index in [2.05, 4.69) is 5.32 Å². The maximum atomic E-state index is 12.4. The minimum absolute atomic E-state index is 0.146. The Kier molecular flexibility index (Phi) is 6.87. The molecule has 0 saturated heterocycles. The molecule has 2 amide bonds. The number of rotatable bonds is 6. The molecular formula is C16H23F3N2O2. The highest BCUT2D eigenvalue weighted by molar-refractivity contribution is 5.90. The molecule has 1 aromatic carbocycles. The van der Waals surface area contributed by atoms with E-state index < -0.39 is 24.7 Å². The lowest BCUT2D eigenvalue weighted by atomic mass is 10.1. The molecule has 2 N–H and O–H groups in total. The van der Waals surface area contributed by atoms with E-state index in [1.54, 1.807) is 45.0 Å². The van der Waals surface area contributed by atoms with Gasteiger partial charge in [-0.05, 0) is 38.8 Å². The lowest BCUT2D eigenvalue weighted by Crippen LogP contribution is -2.43. The third-order valence-corrected chi connectivity index (χ3v) is 3.28. The Hall–Kier alpha value is -1.76. The number of aliphatic hydroxyl groups is 1. The largest absolute Gasteiger partial charge is 0.392 e. The average molecular weight is 332 g/mol. The summed E-state index contributed by atoms with van der Waals surface area (Å²) in [5.74, 6) is 0. The van der Waals surface area contributed by atoms with Crippen molar-refractivity contribution in [3.8, 4) is 0 Å². The number of halogens is 3. The Balaban J connectivity index is 2.84. The van der Waals surface area contributed by atoms with Crippen molar-refractivity contribution in [1.82, 2.24) is 4.90 Å². The molecule has 1 unspecified atom stereocenters. The van der Waals surface area contributed by atoms with Crippen molar-refractivity contribution in [1.29, 1.82) is 0 Å². The highest BCUT2D eigenvalue weighted by Crippen LogP contribution is 2.25. The van der Waals surface area contributed by atoms with Crippen LogP contribution in [0.3, 0.4) is 0 Å². The number of carbonyl (C=O) groups excluding carboxylic acids is 1. The van der Waals surface area contributed by atoms with Crippen molar-refractivity contribution >= 4 is 11.7 Å². The highest BCUT2D eigenvalue weighted by atomic mass is 19.4. The van der Waals surface area contributed by atoms with Crippen molar-refractivity contribution in [3.05, 3.63) is 29.8 Å². The van der Waals surface area contributed by atoms with Crippen molar-refractivity contribution in [2.75, 3.05) is 11.9 Å². The number of carbonyl (C=O) groups is 1. The van der Waals surface area contributed by atoms with Crippen LogP contribution in [-0.2, 0) is 6.42 Å². The van der Waals surface area contributed by atoms with Crippen LogP contribution in [0.2, 0.25) is 0 Å². The second kappa shape index (κ2) is 8.19. The molecule has 0 fully saturated rings. The van der Waals surface area contributed by atoms with E-state index in [0.717, 1.165) is 0 Å². The number of amides is 2. The Morgan fingerprint density at radius 3 is 2.39 bits per heavy atom. The fraction of sp³-hybridized carbons (Fsp3) is 0.562. The smallest absolute Gasteiger partial charge is 0.389 e. The van der Waals surface area contributed by atoms with Gasteiger partial charge in [0, 0.05) is 24.7 Å². The van der Waals surface area contributed by atoms with Crippen molar-refractivity contribution in [2.24, 2.45) is 0 Å². The van der Waals surface area contributed by atoms with E-state index in [0.29, 0.717) is 11.3 Å². The number of para-hydroxylation sites is 1. The van der Waals surface area contributed by atoms with E-state index in [9.17, 15) is 23.1 Å². The maximum absolute atomic E-state index is 12.4. The summed E-state index contributed by atoms with van der Waals surface area (Å²) in [5.41, 5.74) is 0.789. The number of urea groups is 1. The van der Waals surface area contributed by atoms with E-state index in [4.69, 9.17) is 0 Å². The van der Waals surface area contributed by atoms with Crippen LogP contribution in [0, 0.1) is 0 Å². The summed E-state index contributed by atoms with van der Waals surface area (Å²) in [6.45, 7) is 5.32. The third-order valence-electron chi connectivity index (χ3n) is 3.28. The van der Waals surface area contributed by atoms with Crippen LogP contribution in [0.4, 0.5) is 23.7 Å². The zero-order valence-electron chi connectivity index (χ0n) is 13.5. The number of aryl methyl sites for hydroxylation is 1. The maximum Gasteiger partial charge on any atom is 0.389 e. The topological polar surface area (TPSA) is 52.6 Å². The van der Waals surface area contributed by atoms with Gasteiger partial charge in [0.1, 0.15) is 0 Å². The van der Waals surface area contributed by atoms with Gasteiger partial charge in [0.2, 0.25) is 0 Å². The summed E-state index contributed by atoms with van der Waals surface area (Å²) in [5, 5.41) is 12.1. The monoisotopic (exact) mass is 332 g/mol. The Morgan fingerprint density at radius 2 is 1.87 bits per heavy atom. The first-order valence-corrected chi connectivity index (χ1v) is 7.50. The van der Waals surface area contributed by atoms with Gasteiger partial charge in [-0.3, -0.25) is 0 Å². The summed E-state index contributed by atoms with van der Waals surface area (Å²) >= 11 is 0. The zero-order chi connectivity index (χ0) is 17.6. The van der Waals surface area contributed by atoms with E-state index in [1.807, 2.05) is 0 Å². The van der Waals surface area contributed by atoms with Gasteiger partial charge in [-0.1, -0.05) is 18.2 Å². The minimum Gasteiger partial charge on any atom is -0.392 e. The normalized spacial score (nSPS) is 13.0. The average Bonchev–Trinajstić information content (AvgIpc) is 2.42. The zero-order valence-corrected chi connectivity index (χ0v) is 13.5. The summed E-state index contributed by atoms with van der Waals surface area (Å²) in [6, 6.07) is 5.84. The number of anilines is 1. The van der Waals surface area contributed by atoms with Crippen LogP contribution in [0.15, 0.2) is 24.3 Å². The van der Waals surface area contributed by atoms with Gasteiger partial charge in [-0.15, -0.1) is 0 Å². The summed E-state index contributed by atoms with van der Waals surface area (Å²) < 4.78 is 37.2. The van der Waals surface area contributed by atoms with Crippen LogP contribution in [0.1, 0.15) is 32.8 Å². The van der Waals surface area contributed by atoms with Crippen molar-refractivity contribution in [3.63, 3.8) is 0 Å². The first kappa shape index (κ1) is 19.3. The van der Waals surface area contributed by atoms with Gasteiger partial charge in [0.05, 0.1) is 6.10 Å². The number of nitrogens with one attached hydrogen (secondary N) is 1. The van der Waals surface area contributed by atoms with Gasteiger partial charge in [-0.25, -0.2) is 4.79 Å². The molecule has 4 nitrogen and oxygen atoms in total. The Labute approximate surface area is 134 Å². The molecule has 0 spiro atoms. The fourth-order valence-corrected chi connectivity index (χ4v) is 2.14. The number of benzene rings is 1. The molecule has 0 aliphatic heterocycles. The molecule has 7 heteroatoms. The number of hydrogen-bond acceptors (Lipinski definition) is 2. The first-order chi connectivity index (χ1) is 10.6. The van der Waals surface area contributed by atoms with Crippen LogP contribution in [-0.4, -0.2) is 40.9 Å². The van der Waals surface area contributed by atoms with E-state index in [1.165, 1.54) is 4.90 Å². The van der Waals surface area contributed by atoms with E-state index in [-0.39, 0.29) is 19.0 Å². The number of nitrogens with zero attached hydrogens (tertiary/aromatic N) is 1. The second-order valence-corrected chi connectivity index (χ2v) is 5.80. The number of aliphatic hydroxyl groups excluding tert-OH is 1. The minimum atomic E-state index is -4.24. The van der Waals surface area contributed by atoms with Gasteiger partial charge >= 0.3 is 12.2 Å². The molecule has 0 radical (unpaired) electrons. The predicted octanol–water partition coefficient (Wildman–Crippen LogP) is 3.80. The van der Waals surface area contributed by atoms with Crippen LogP contribution < -0.4 is 5.32 Å². The Bertz CT molecular complexity index is 516. The molecule has 1 atom stereocenters. The summed E-state index contributed by atoms with van der Waals surface area (Å²) in [7, 11) is 0. The fourth-order valence-electron chi connectivity index (χ4n) is 2.14. The molecule has 1 rings (SSSR count). The predicted molar refractivity (Wildman–Crippen MR) is 83.4 cm³/mol. The molecular weight excluding hydrogens is 309 g/mol. The summed E-state index contributed by atoms with van der Waals surface area (Å²) in [4.78, 5) is 13.8. The van der Waals surface area contributed by atoms with Gasteiger partial charge in [0.15, 0.2) is 0 Å².